The highest BCUT2D eigenvalue weighted by Gasteiger charge is 2.10. The van der Waals surface area contributed by atoms with Gasteiger partial charge in [-0.25, -0.2) is 0 Å². The molecule has 0 saturated carbocycles. The monoisotopic (exact) mass is 271 g/mol. The van der Waals surface area contributed by atoms with Crippen LogP contribution in [0.4, 0.5) is 0 Å². The molecule has 2 aromatic rings. The Morgan fingerprint density at radius 1 is 1.25 bits per heavy atom. The van der Waals surface area contributed by atoms with Crippen molar-refractivity contribution >= 4 is 34.3 Å². The topological polar surface area (TPSA) is 12.0 Å². The second-order valence-corrected chi connectivity index (χ2v) is 6.51. The molecule has 2 aromatic heterocycles. The Balaban J connectivity index is 1.95. The molecule has 0 aliphatic carbocycles. The molecule has 4 heteroatoms. The van der Waals surface area contributed by atoms with E-state index in [1.807, 2.05) is 24.5 Å². The van der Waals surface area contributed by atoms with E-state index in [1.165, 1.54) is 9.75 Å². The average molecular weight is 272 g/mol. The molecule has 1 nitrogen and oxygen atoms in total. The molecule has 0 fully saturated rings. The third kappa shape index (κ3) is 3.32. The molecule has 0 amide bonds. The number of nitrogens with one attached hydrogen (secondary N) is 1. The smallest absolute Gasteiger partial charge is 0.0931 e. The molecule has 0 bridgehead atoms. The number of thiophene rings is 2. The lowest BCUT2D eigenvalue weighted by atomic mass is 10.1. The van der Waals surface area contributed by atoms with Gasteiger partial charge in [0.2, 0.25) is 0 Å². The predicted molar refractivity (Wildman–Crippen MR) is 73.9 cm³/mol. The van der Waals surface area contributed by atoms with Crippen LogP contribution in [0.1, 0.15) is 9.75 Å². The molecule has 0 aromatic carbocycles. The van der Waals surface area contributed by atoms with E-state index in [0.717, 1.165) is 17.2 Å². The summed E-state index contributed by atoms with van der Waals surface area (Å²) in [7, 11) is 2.02. The first-order valence-corrected chi connectivity index (χ1v) is 7.29. The number of hydrogen-bond donors (Lipinski definition) is 1. The van der Waals surface area contributed by atoms with Crippen molar-refractivity contribution in [3.8, 4) is 0 Å². The fourth-order valence-corrected chi connectivity index (χ4v) is 3.61. The van der Waals surface area contributed by atoms with Crippen molar-refractivity contribution in [1.82, 2.24) is 5.32 Å². The van der Waals surface area contributed by atoms with Crippen LogP contribution in [0.2, 0.25) is 4.34 Å². The van der Waals surface area contributed by atoms with Crippen molar-refractivity contribution in [2.24, 2.45) is 0 Å². The normalized spacial score (nSPS) is 12.9. The van der Waals surface area contributed by atoms with Crippen LogP contribution in [-0.4, -0.2) is 13.1 Å². The molecule has 1 atom stereocenters. The maximum Gasteiger partial charge on any atom is 0.0931 e. The third-order valence-electron chi connectivity index (χ3n) is 2.51. The highest BCUT2D eigenvalue weighted by molar-refractivity contribution is 7.16. The van der Waals surface area contributed by atoms with Crippen molar-refractivity contribution in [3.63, 3.8) is 0 Å². The van der Waals surface area contributed by atoms with Gasteiger partial charge in [-0.1, -0.05) is 17.7 Å². The molecule has 16 heavy (non-hydrogen) atoms. The van der Waals surface area contributed by atoms with Crippen LogP contribution in [0.5, 0.6) is 0 Å². The minimum atomic E-state index is 0.494. The van der Waals surface area contributed by atoms with Crippen LogP contribution >= 0.6 is 34.3 Å². The zero-order valence-electron chi connectivity index (χ0n) is 9.07. The van der Waals surface area contributed by atoms with Gasteiger partial charge < -0.3 is 5.32 Å². The summed E-state index contributed by atoms with van der Waals surface area (Å²) in [5.41, 5.74) is 0. The first-order chi connectivity index (χ1) is 7.78. The summed E-state index contributed by atoms with van der Waals surface area (Å²) in [5, 5.41) is 5.50. The van der Waals surface area contributed by atoms with Crippen LogP contribution in [0.3, 0.4) is 0 Å². The largest absolute Gasteiger partial charge is 0.316 e. The SMILES string of the molecule is CNC(Cc1cccs1)Cc1ccc(Cl)s1. The van der Waals surface area contributed by atoms with Gasteiger partial charge >= 0.3 is 0 Å². The minimum Gasteiger partial charge on any atom is -0.316 e. The maximum atomic E-state index is 5.93. The molecular formula is C12H14ClNS2. The van der Waals surface area contributed by atoms with Crippen molar-refractivity contribution < 1.29 is 0 Å². The van der Waals surface area contributed by atoms with Gasteiger partial charge in [0.1, 0.15) is 0 Å². The summed E-state index contributed by atoms with van der Waals surface area (Å²) in [6.07, 6.45) is 2.13. The second kappa shape index (κ2) is 5.82. The van der Waals surface area contributed by atoms with E-state index in [0.29, 0.717) is 6.04 Å². The van der Waals surface area contributed by atoms with Crippen LogP contribution < -0.4 is 5.32 Å². The van der Waals surface area contributed by atoms with Crippen LogP contribution in [0.15, 0.2) is 29.6 Å². The molecule has 0 aliphatic heterocycles. The van der Waals surface area contributed by atoms with E-state index in [-0.39, 0.29) is 0 Å². The Morgan fingerprint density at radius 2 is 2.06 bits per heavy atom. The summed E-state index contributed by atoms with van der Waals surface area (Å²) >= 11 is 9.42. The lowest BCUT2D eigenvalue weighted by Crippen LogP contribution is -2.29. The lowest BCUT2D eigenvalue weighted by Gasteiger charge is -2.13. The summed E-state index contributed by atoms with van der Waals surface area (Å²) in [4.78, 5) is 2.78. The van der Waals surface area contributed by atoms with Gasteiger partial charge in [0.05, 0.1) is 4.34 Å². The fraction of sp³-hybridized carbons (Fsp3) is 0.333. The number of hydrogen-bond acceptors (Lipinski definition) is 3. The quantitative estimate of drug-likeness (QED) is 0.871. The predicted octanol–water partition coefficient (Wildman–Crippen LogP) is 3.84. The summed E-state index contributed by atoms with van der Waals surface area (Å²) in [6.45, 7) is 0. The van der Waals surface area contributed by atoms with Gasteiger partial charge in [0.15, 0.2) is 0 Å². The van der Waals surface area contributed by atoms with Gasteiger partial charge in [-0.15, -0.1) is 22.7 Å². The second-order valence-electron chi connectivity index (χ2n) is 3.68. The van der Waals surface area contributed by atoms with Crippen molar-refractivity contribution in [2.45, 2.75) is 18.9 Å². The summed E-state index contributed by atoms with van der Waals surface area (Å²) in [5.74, 6) is 0. The van der Waals surface area contributed by atoms with Crippen LogP contribution in [0.25, 0.3) is 0 Å². The summed E-state index contributed by atoms with van der Waals surface area (Å²) < 4.78 is 0.876. The first kappa shape index (κ1) is 12.1. The number of likely N-dealkylation sites (N-methyl/N-ethyl adjacent to an activating group) is 1. The zero-order chi connectivity index (χ0) is 11.4. The molecule has 0 radical (unpaired) electrons. The standard InChI is InChI=1S/C12H14ClNS2/c1-14-9(7-10-3-2-6-15-10)8-11-4-5-12(13)16-11/h2-6,9,14H,7-8H2,1H3. The van der Waals surface area contributed by atoms with E-state index in [1.54, 1.807) is 11.3 Å². The fourth-order valence-electron chi connectivity index (χ4n) is 1.65. The number of rotatable bonds is 5. The molecule has 86 valence electrons. The molecule has 1 unspecified atom stereocenters. The third-order valence-corrected chi connectivity index (χ3v) is 4.66. The Morgan fingerprint density at radius 3 is 2.62 bits per heavy atom. The van der Waals surface area contributed by atoms with Crippen molar-refractivity contribution in [3.05, 3.63) is 43.7 Å². The van der Waals surface area contributed by atoms with E-state index in [9.17, 15) is 0 Å². The lowest BCUT2D eigenvalue weighted by molar-refractivity contribution is 0.564. The molecule has 0 spiro atoms. The molecule has 2 rings (SSSR count). The van der Waals surface area contributed by atoms with E-state index >= 15 is 0 Å². The van der Waals surface area contributed by atoms with Gasteiger partial charge in [-0.2, -0.15) is 0 Å². The van der Waals surface area contributed by atoms with Gasteiger partial charge in [-0.05, 0) is 43.5 Å². The number of halogens is 1. The zero-order valence-corrected chi connectivity index (χ0v) is 11.5. The Kier molecular flexibility index (Phi) is 4.41. The van der Waals surface area contributed by atoms with Crippen molar-refractivity contribution in [2.75, 3.05) is 7.05 Å². The highest BCUT2D eigenvalue weighted by Crippen LogP contribution is 2.23. The molecule has 1 N–H and O–H groups in total. The molecule has 0 saturated heterocycles. The van der Waals surface area contributed by atoms with Crippen LogP contribution in [0, 0.1) is 0 Å². The van der Waals surface area contributed by atoms with Gasteiger partial charge in [0, 0.05) is 15.8 Å². The Hall–Kier alpha value is -0.350. The van der Waals surface area contributed by atoms with E-state index in [4.69, 9.17) is 11.6 Å². The molecule has 0 aliphatic rings. The Labute approximate surface area is 109 Å². The average Bonchev–Trinajstić information content (AvgIpc) is 2.89. The minimum absolute atomic E-state index is 0.494. The summed E-state index contributed by atoms with van der Waals surface area (Å²) in [6, 6.07) is 8.88. The van der Waals surface area contributed by atoms with E-state index < -0.39 is 0 Å². The maximum absolute atomic E-state index is 5.93. The van der Waals surface area contributed by atoms with Crippen LogP contribution in [-0.2, 0) is 12.8 Å². The van der Waals surface area contributed by atoms with Crippen molar-refractivity contribution in [1.29, 1.82) is 0 Å². The van der Waals surface area contributed by atoms with Gasteiger partial charge in [0.25, 0.3) is 0 Å². The first-order valence-electron chi connectivity index (χ1n) is 5.22. The molecular weight excluding hydrogens is 258 g/mol. The van der Waals surface area contributed by atoms with Gasteiger partial charge in [-0.3, -0.25) is 0 Å². The Bertz CT molecular complexity index is 422. The van der Waals surface area contributed by atoms with E-state index in [2.05, 4.69) is 28.9 Å². The highest BCUT2D eigenvalue weighted by atomic mass is 35.5. The molecule has 2 heterocycles.